The molecular weight excluding hydrogens is 225 g/mol. The van der Waals surface area contributed by atoms with Crippen LogP contribution in [-0.2, 0) is 6.54 Å². The SMILES string of the molecule is NCc1ccc(Oc2ncc[nH]c2=O)c(F)c1. The first-order valence-corrected chi connectivity index (χ1v) is 4.91. The molecular formula is C11H10FN3O2. The van der Waals surface area contributed by atoms with E-state index < -0.39 is 11.4 Å². The molecule has 17 heavy (non-hydrogen) atoms. The molecule has 0 fully saturated rings. The van der Waals surface area contributed by atoms with Crippen LogP contribution >= 0.6 is 0 Å². The number of nitrogens with zero attached hydrogens (tertiary/aromatic N) is 1. The van der Waals surface area contributed by atoms with Crippen LogP contribution in [-0.4, -0.2) is 9.97 Å². The highest BCUT2D eigenvalue weighted by Crippen LogP contribution is 2.21. The van der Waals surface area contributed by atoms with Gasteiger partial charge in [-0.1, -0.05) is 6.07 Å². The van der Waals surface area contributed by atoms with E-state index in [-0.39, 0.29) is 18.2 Å². The number of aromatic nitrogens is 2. The zero-order chi connectivity index (χ0) is 12.3. The van der Waals surface area contributed by atoms with E-state index in [1.165, 1.54) is 24.5 Å². The Kier molecular flexibility index (Phi) is 3.15. The fraction of sp³-hybridized carbons (Fsp3) is 0.0909. The first kappa shape index (κ1) is 11.3. The van der Waals surface area contributed by atoms with Gasteiger partial charge in [-0.05, 0) is 17.7 Å². The topological polar surface area (TPSA) is 81.0 Å². The van der Waals surface area contributed by atoms with Crippen LogP contribution in [0.5, 0.6) is 11.6 Å². The smallest absolute Gasteiger partial charge is 0.311 e. The zero-order valence-electron chi connectivity index (χ0n) is 8.81. The van der Waals surface area contributed by atoms with Crippen molar-refractivity contribution in [2.45, 2.75) is 6.54 Å². The predicted octanol–water partition coefficient (Wildman–Crippen LogP) is 1.16. The maximum atomic E-state index is 13.5. The molecule has 0 saturated carbocycles. The van der Waals surface area contributed by atoms with Gasteiger partial charge < -0.3 is 15.5 Å². The second-order valence-corrected chi connectivity index (χ2v) is 3.29. The minimum Gasteiger partial charge on any atom is -0.432 e. The molecule has 1 aromatic heterocycles. The van der Waals surface area contributed by atoms with Gasteiger partial charge in [0.25, 0.3) is 5.88 Å². The van der Waals surface area contributed by atoms with E-state index in [2.05, 4.69) is 9.97 Å². The molecule has 88 valence electrons. The minimum atomic E-state index is -0.585. The lowest BCUT2D eigenvalue weighted by molar-refractivity contribution is 0.420. The summed E-state index contributed by atoms with van der Waals surface area (Å²) in [6.07, 6.45) is 2.71. The highest BCUT2D eigenvalue weighted by atomic mass is 19.1. The van der Waals surface area contributed by atoms with Crippen molar-refractivity contribution >= 4 is 0 Å². The minimum absolute atomic E-state index is 0.0635. The zero-order valence-corrected chi connectivity index (χ0v) is 8.81. The van der Waals surface area contributed by atoms with Crippen LogP contribution in [0.15, 0.2) is 35.4 Å². The Labute approximate surface area is 96.1 Å². The molecule has 0 aliphatic rings. The summed E-state index contributed by atoms with van der Waals surface area (Å²) in [5, 5.41) is 0. The van der Waals surface area contributed by atoms with Gasteiger partial charge in [0.05, 0.1) is 0 Å². The first-order chi connectivity index (χ1) is 8.20. The van der Waals surface area contributed by atoms with Crippen LogP contribution in [0.3, 0.4) is 0 Å². The average Bonchev–Trinajstić information content (AvgIpc) is 2.34. The summed E-state index contributed by atoms with van der Waals surface area (Å²) in [4.78, 5) is 17.3. The Morgan fingerprint density at radius 1 is 1.47 bits per heavy atom. The molecule has 0 saturated heterocycles. The average molecular weight is 235 g/mol. The summed E-state index contributed by atoms with van der Waals surface area (Å²) < 4.78 is 18.6. The van der Waals surface area contributed by atoms with E-state index in [1.807, 2.05) is 0 Å². The van der Waals surface area contributed by atoms with Gasteiger partial charge in [0, 0.05) is 18.9 Å². The fourth-order valence-corrected chi connectivity index (χ4v) is 1.27. The number of nitrogens with one attached hydrogen (secondary N) is 1. The van der Waals surface area contributed by atoms with Gasteiger partial charge in [0.1, 0.15) is 0 Å². The molecule has 0 unspecified atom stereocenters. The Hall–Kier alpha value is -2.21. The lowest BCUT2D eigenvalue weighted by Gasteiger charge is -2.05. The molecule has 1 heterocycles. The van der Waals surface area contributed by atoms with Crippen molar-refractivity contribution in [3.05, 3.63) is 52.3 Å². The van der Waals surface area contributed by atoms with E-state index in [1.54, 1.807) is 6.07 Å². The summed E-state index contributed by atoms with van der Waals surface area (Å²) >= 11 is 0. The van der Waals surface area contributed by atoms with Crippen molar-refractivity contribution in [3.63, 3.8) is 0 Å². The van der Waals surface area contributed by atoms with Gasteiger partial charge in [0.2, 0.25) is 0 Å². The largest absolute Gasteiger partial charge is 0.432 e. The fourth-order valence-electron chi connectivity index (χ4n) is 1.27. The summed E-state index contributed by atoms with van der Waals surface area (Å²) in [7, 11) is 0. The summed E-state index contributed by atoms with van der Waals surface area (Å²) in [6, 6.07) is 4.29. The molecule has 2 rings (SSSR count). The second kappa shape index (κ2) is 4.75. The van der Waals surface area contributed by atoms with Crippen LogP contribution in [0.2, 0.25) is 0 Å². The molecule has 3 N–H and O–H groups in total. The maximum absolute atomic E-state index is 13.5. The number of rotatable bonds is 3. The summed E-state index contributed by atoms with van der Waals surface area (Å²) in [5.74, 6) is -0.851. The van der Waals surface area contributed by atoms with Crippen LogP contribution in [0.1, 0.15) is 5.56 Å². The molecule has 0 amide bonds. The lowest BCUT2D eigenvalue weighted by atomic mass is 10.2. The van der Waals surface area contributed by atoms with Crippen LogP contribution < -0.4 is 16.0 Å². The van der Waals surface area contributed by atoms with Crippen molar-refractivity contribution in [1.29, 1.82) is 0 Å². The Morgan fingerprint density at radius 2 is 2.29 bits per heavy atom. The number of hydrogen-bond acceptors (Lipinski definition) is 4. The molecule has 5 nitrogen and oxygen atoms in total. The number of aromatic amines is 1. The number of hydrogen-bond donors (Lipinski definition) is 2. The molecule has 0 radical (unpaired) electrons. The van der Waals surface area contributed by atoms with Crippen molar-refractivity contribution in [3.8, 4) is 11.6 Å². The number of ether oxygens (including phenoxy) is 1. The maximum Gasteiger partial charge on any atom is 0.311 e. The summed E-state index contributed by atoms with van der Waals surface area (Å²) in [5.41, 5.74) is 5.50. The Morgan fingerprint density at radius 3 is 2.94 bits per heavy atom. The highest BCUT2D eigenvalue weighted by Gasteiger charge is 2.08. The van der Waals surface area contributed by atoms with E-state index in [0.29, 0.717) is 5.56 Å². The molecule has 1 aromatic carbocycles. The molecule has 0 bridgehead atoms. The van der Waals surface area contributed by atoms with Crippen LogP contribution in [0.25, 0.3) is 0 Å². The van der Waals surface area contributed by atoms with Gasteiger partial charge in [0.15, 0.2) is 11.6 Å². The first-order valence-electron chi connectivity index (χ1n) is 4.91. The third kappa shape index (κ3) is 2.48. The van der Waals surface area contributed by atoms with Crippen molar-refractivity contribution < 1.29 is 9.13 Å². The monoisotopic (exact) mass is 235 g/mol. The Balaban J connectivity index is 2.31. The molecule has 2 aromatic rings. The van der Waals surface area contributed by atoms with Crippen molar-refractivity contribution in [2.24, 2.45) is 5.73 Å². The second-order valence-electron chi connectivity index (χ2n) is 3.29. The van der Waals surface area contributed by atoms with Crippen molar-refractivity contribution in [1.82, 2.24) is 9.97 Å². The molecule has 6 heteroatoms. The predicted molar refractivity (Wildman–Crippen MR) is 59.2 cm³/mol. The number of halogens is 1. The molecule has 0 spiro atoms. The highest BCUT2D eigenvalue weighted by molar-refractivity contribution is 5.31. The normalized spacial score (nSPS) is 10.2. The van der Waals surface area contributed by atoms with Gasteiger partial charge in [-0.25, -0.2) is 9.37 Å². The van der Waals surface area contributed by atoms with Gasteiger partial charge in [-0.2, -0.15) is 0 Å². The van der Waals surface area contributed by atoms with Crippen LogP contribution in [0, 0.1) is 5.82 Å². The number of nitrogens with two attached hydrogens (primary N) is 1. The van der Waals surface area contributed by atoms with Gasteiger partial charge in [-0.3, -0.25) is 4.79 Å². The quantitative estimate of drug-likeness (QED) is 0.836. The third-order valence-electron chi connectivity index (χ3n) is 2.11. The lowest BCUT2D eigenvalue weighted by Crippen LogP contribution is -2.09. The summed E-state index contributed by atoms with van der Waals surface area (Å²) in [6.45, 7) is 0.237. The van der Waals surface area contributed by atoms with E-state index in [0.717, 1.165) is 0 Å². The number of benzene rings is 1. The third-order valence-corrected chi connectivity index (χ3v) is 2.11. The van der Waals surface area contributed by atoms with E-state index in [9.17, 15) is 9.18 Å². The van der Waals surface area contributed by atoms with E-state index in [4.69, 9.17) is 10.5 Å². The standard InChI is InChI=1S/C11H10FN3O2/c12-8-5-7(6-13)1-2-9(8)17-11-10(16)14-3-4-15-11/h1-5H,6,13H2,(H,14,16). The molecule has 0 aliphatic carbocycles. The molecule has 0 atom stereocenters. The van der Waals surface area contributed by atoms with E-state index >= 15 is 0 Å². The van der Waals surface area contributed by atoms with Gasteiger partial charge in [-0.15, -0.1) is 0 Å². The Bertz CT molecular complexity index is 583. The van der Waals surface area contributed by atoms with Crippen LogP contribution in [0.4, 0.5) is 4.39 Å². The molecule has 0 aliphatic heterocycles. The number of H-pyrrole nitrogens is 1. The van der Waals surface area contributed by atoms with Crippen molar-refractivity contribution in [2.75, 3.05) is 0 Å². The van der Waals surface area contributed by atoms with Gasteiger partial charge >= 0.3 is 5.56 Å².